The van der Waals surface area contributed by atoms with Crippen molar-refractivity contribution in [2.24, 2.45) is 0 Å². The zero-order chi connectivity index (χ0) is 8.85. The standard InChI is InChI=1S/C7H10O4/c1-3-5(4-6(8)9)7(10)11-2/h4H,3H2,1-2H3,(H,8,9)/b5-4-. The van der Waals surface area contributed by atoms with E-state index in [1.54, 1.807) is 6.92 Å². The van der Waals surface area contributed by atoms with Crippen molar-refractivity contribution in [1.82, 2.24) is 0 Å². The predicted octanol–water partition coefficient (Wildman–Crippen LogP) is 0.580. The third-order valence-electron chi connectivity index (χ3n) is 1.13. The van der Waals surface area contributed by atoms with Crippen molar-refractivity contribution < 1.29 is 19.4 Å². The molecule has 0 rings (SSSR count). The van der Waals surface area contributed by atoms with E-state index in [-0.39, 0.29) is 5.57 Å². The molecule has 0 saturated carbocycles. The van der Waals surface area contributed by atoms with Crippen LogP contribution in [0.25, 0.3) is 0 Å². The van der Waals surface area contributed by atoms with Crippen molar-refractivity contribution >= 4 is 11.9 Å². The molecule has 4 heteroatoms. The molecule has 4 nitrogen and oxygen atoms in total. The number of rotatable bonds is 3. The van der Waals surface area contributed by atoms with Gasteiger partial charge in [-0.2, -0.15) is 0 Å². The first-order valence-corrected chi connectivity index (χ1v) is 3.13. The summed E-state index contributed by atoms with van der Waals surface area (Å²) in [5, 5.41) is 8.28. The molecular weight excluding hydrogens is 148 g/mol. The molecule has 0 aliphatic rings. The number of carbonyl (C=O) groups excluding carboxylic acids is 1. The molecule has 0 spiro atoms. The van der Waals surface area contributed by atoms with Gasteiger partial charge in [0.15, 0.2) is 0 Å². The van der Waals surface area contributed by atoms with Crippen LogP contribution in [0.4, 0.5) is 0 Å². The first-order valence-electron chi connectivity index (χ1n) is 3.13. The van der Waals surface area contributed by atoms with E-state index in [4.69, 9.17) is 5.11 Å². The van der Waals surface area contributed by atoms with Gasteiger partial charge in [-0.25, -0.2) is 9.59 Å². The summed E-state index contributed by atoms with van der Waals surface area (Å²) in [6, 6.07) is 0. The number of carboxylic acid groups (broad SMARTS) is 1. The highest BCUT2D eigenvalue weighted by atomic mass is 16.5. The Balaban J connectivity index is 4.39. The summed E-state index contributed by atoms with van der Waals surface area (Å²) in [6.45, 7) is 1.69. The van der Waals surface area contributed by atoms with E-state index < -0.39 is 11.9 Å². The average Bonchev–Trinajstić information content (AvgIpc) is 1.98. The molecule has 0 saturated heterocycles. The SMILES string of the molecule is CC/C(=C/C(=O)O)C(=O)OC. The summed E-state index contributed by atoms with van der Waals surface area (Å²) in [5.41, 5.74) is 0.167. The van der Waals surface area contributed by atoms with E-state index in [0.29, 0.717) is 6.42 Å². The van der Waals surface area contributed by atoms with Gasteiger partial charge >= 0.3 is 11.9 Å². The van der Waals surface area contributed by atoms with Crippen molar-refractivity contribution in [2.75, 3.05) is 7.11 Å². The summed E-state index contributed by atoms with van der Waals surface area (Å²) in [6.07, 6.45) is 1.21. The number of carboxylic acids is 1. The van der Waals surface area contributed by atoms with Crippen molar-refractivity contribution in [1.29, 1.82) is 0 Å². The summed E-state index contributed by atoms with van der Waals surface area (Å²) in [7, 11) is 1.22. The summed E-state index contributed by atoms with van der Waals surface area (Å²) < 4.78 is 4.33. The highest BCUT2D eigenvalue weighted by Gasteiger charge is 2.07. The Morgan fingerprint density at radius 2 is 2.09 bits per heavy atom. The molecule has 0 fully saturated rings. The molecular formula is C7H10O4. The van der Waals surface area contributed by atoms with Gasteiger partial charge in [-0.3, -0.25) is 0 Å². The van der Waals surface area contributed by atoms with Gasteiger partial charge in [-0.1, -0.05) is 6.92 Å². The maximum atomic E-state index is 10.7. The molecule has 11 heavy (non-hydrogen) atoms. The van der Waals surface area contributed by atoms with Crippen LogP contribution in [0.1, 0.15) is 13.3 Å². The number of esters is 1. The minimum Gasteiger partial charge on any atom is -0.478 e. The molecule has 0 aliphatic heterocycles. The normalized spacial score (nSPS) is 10.9. The van der Waals surface area contributed by atoms with E-state index in [9.17, 15) is 9.59 Å². The van der Waals surface area contributed by atoms with Gasteiger partial charge < -0.3 is 9.84 Å². The van der Waals surface area contributed by atoms with Gasteiger partial charge in [0.1, 0.15) is 0 Å². The van der Waals surface area contributed by atoms with Crippen molar-refractivity contribution in [3.8, 4) is 0 Å². The van der Waals surface area contributed by atoms with Crippen LogP contribution >= 0.6 is 0 Å². The maximum absolute atomic E-state index is 10.7. The fourth-order valence-electron chi connectivity index (χ4n) is 0.585. The zero-order valence-corrected chi connectivity index (χ0v) is 6.46. The molecule has 0 amide bonds. The number of methoxy groups -OCH3 is 1. The Labute approximate surface area is 64.5 Å². The number of aliphatic carboxylic acids is 1. The second kappa shape index (κ2) is 4.49. The molecule has 1 N–H and O–H groups in total. The minimum absolute atomic E-state index is 0.167. The number of carbonyl (C=O) groups is 2. The van der Waals surface area contributed by atoms with Crippen molar-refractivity contribution in [3.63, 3.8) is 0 Å². The summed E-state index contributed by atoms with van der Waals surface area (Å²) in [4.78, 5) is 20.8. The van der Waals surface area contributed by atoms with Gasteiger partial charge in [-0.05, 0) is 6.42 Å². The summed E-state index contributed by atoms with van der Waals surface area (Å²) in [5.74, 6) is -1.72. The third-order valence-corrected chi connectivity index (χ3v) is 1.13. The number of hydrogen-bond donors (Lipinski definition) is 1. The van der Waals surface area contributed by atoms with Gasteiger partial charge in [0.25, 0.3) is 0 Å². The van der Waals surface area contributed by atoms with Crippen LogP contribution in [0.3, 0.4) is 0 Å². The first kappa shape index (κ1) is 9.68. The van der Waals surface area contributed by atoms with Crippen LogP contribution in [0.2, 0.25) is 0 Å². The molecule has 0 heterocycles. The lowest BCUT2D eigenvalue weighted by Gasteiger charge is -1.98. The average molecular weight is 158 g/mol. The molecule has 0 aromatic carbocycles. The Morgan fingerprint density at radius 1 is 1.55 bits per heavy atom. The monoisotopic (exact) mass is 158 g/mol. The smallest absolute Gasteiger partial charge is 0.333 e. The Kier molecular flexibility index (Phi) is 3.95. The second-order valence-electron chi connectivity index (χ2n) is 1.85. The van der Waals surface area contributed by atoms with E-state index in [0.717, 1.165) is 6.08 Å². The lowest BCUT2D eigenvalue weighted by Crippen LogP contribution is -2.06. The van der Waals surface area contributed by atoms with E-state index in [1.165, 1.54) is 7.11 Å². The molecule has 0 radical (unpaired) electrons. The van der Waals surface area contributed by atoms with E-state index >= 15 is 0 Å². The van der Waals surface area contributed by atoms with Crippen LogP contribution in [-0.2, 0) is 14.3 Å². The quantitative estimate of drug-likeness (QED) is 0.482. The highest BCUT2D eigenvalue weighted by molar-refractivity contribution is 5.95. The number of ether oxygens (including phenoxy) is 1. The minimum atomic E-state index is -1.13. The van der Waals surface area contributed by atoms with Crippen LogP contribution in [-0.4, -0.2) is 24.2 Å². The molecule has 62 valence electrons. The Hall–Kier alpha value is -1.32. The van der Waals surface area contributed by atoms with Crippen molar-refractivity contribution in [3.05, 3.63) is 11.6 Å². The molecule has 0 bridgehead atoms. The van der Waals surface area contributed by atoms with Gasteiger partial charge in [0, 0.05) is 11.6 Å². The number of hydrogen-bond acceptors (Lipinski definition) is 3. The summed E-state index contributed by atoms with van der Waals surface area (Å²) >= 11 is 0. The Bertz CT molecular complexity index is 193. The van der Waals surface area contributed by atoms with Gasteiger partial charge in [0.05, 0.1) is 7.11 Å². The molecule has 0 atom stereocenters. The van der Waals surface area contributed by atoms with Gasteiger partial charge in [0.2, 0.25) is 0 Å². The highest BCUT2D eigenvalue weighted by Crippen LogP contribution is 2.01. The van der Waals surface area contributed by atoms with Crippen LogP contribution < -0.4 is 0 Å². The van der Waals surface area contributed by atoms with Crippen LogP contribution in [0, 0.1) is 0 Å². The lowest BCUT2D eigenvalue weighted by atomic mass is 10.2. The maximum Gasteiger partial charge on any atom is 0.333 e. The van der Waals surface area contributed by atoms with Crippen molar-refractivity contribution in [2.45, 2.75) is 13.3 Å². The third kappa shape index (κ3) is 3.40. The molecule has 0 aromatic heterocycles. The first-order chi connectivity index (χ1) is 5.11. The topological polar surface area (TPSA) is 63.6 Å². The zero-order valence-electron chi connectivity index (χ0n) is 6.46. The molecule has 0 unspecified atom stereocenters. The van der Waals surface area contributed by atoms with Gasteiger partial charge in [-0.15, -0.1) is 0 Å². The van der Waals surface area contributed by atoms with E-state index in [2.05, 4.69) is 4.74 Å². The van der Waals surface area contributed by atoms with Crippen LogP contribution in [0.15, 0.2) is 11.6 Å². The largest absolute Gasteiger partial charge is 0.478 e. The fourth-order valence-corrected chi connectivity index (χ4v) is 0.585. The Morgan fingerprint density at radius 3 is 2.36 bits per heavy atom. The fraction of sp³-hybridized carbons (Fsp3) is 0.429. The molecule has 0 aliphatic carbocycles. The second-order valence-corrected chi connectivity index (χ2v) is 1.85. The predicted molar refractivity (Wildman–Crippen MR) is 38.0 cm³/mol. The van der Waals surface area contributed by atoms with Crippen LogP contribution in [0.5, 0.6) is 0 Å². The van der Waals surface area contributed by atoms with E-state index in [1.807, 2.05) is 0 Å². The lowest BCUT2D eigenvalue weighted by molar-refractivity contribution is -0.137. The molecule has 0 aromatic rings.